The van der Waals surface area contributed by atoms with Gasteiger partial charge >= 0.3 is 5.97 Å². The van der Waals surface area contributed by atoms with E-state index in [2.05, 4.69) is 15.6 Å². The molecule has 8 heteroatoms. The molecule has 33 heavy (non-hydrogen) atoms. The first kappa shape index (κ1) is 22.4. The van der Waals surface area contributed by atoms with Crippen LogP contribution in [0, 0.1) is 0 Å². The van der Waals surface area contributed by atoms with Gasteiger partial charge in [-0.05, 0) is 24.1 Å². The standard InChI is InChI=1S/C25H25N3O5/c1-16(29)33-25-21(11-12-32-25)27-24(31)22(13-17-7-3-2-4-8-17)28-23(30)19-14-18-9-5-6-10-20(18)26-15-19/h2-10,14-15,21-22,25H,11-13H2,1H3,(H,27,31)(H,28,30)/t21-,22-,25-/m0/s1. The third-order valence-corrected chi connectivity index (χ3v) is 5.41. The fourth-order valence-corrected chi connectivity index (χ4v) is 3.76. The maximum Gasteiger partial charge on any atom is 0.305 e. The summed E-state index contributed by atoms with van der Waals surface area (Å²) >= 11 is 0. The van der Waals surface area contributed by atoms with Gasteiger partial charge in [-0.25, -0.2) is 0 Å². The molecule has 3 aromatic rings. The Morgan fingerprint density at radius 1 is 1.12 bits per heavy atom. The summed E-state index contributed by atoms with van der Waals surface area (Å²) in [4.78, 5) is 41.8. The van der Waals surface area contributed by atoms with Gasteiger partial charge in [-0.1, -0.05) is 48.5 Å². The molecular formula is C25H25N3O5. The summed E-state index contributed by atoms with van der Waals surface area (Å²) in [6, 6.07) is 17.3. The predicted octanol–water partition coefficient (Wildman–Crippen LogP) is 2.37. The number of fused-ring (bicyclic) bond motifs is 1. The number of amides is 2. The van der Waals surface area contributed by atoms with Crippen molar-refractivity contribution in [1.82, 2.24) is 15.6 Å². The average Bonchev–Trinajstić information content (AvgIpc) is 3.24. The van der Waals surface area contributed by atoms with E-state index in [1.165, 1.54) is 13.1 Å². The van der Waals surface area contributed by atoms with Gasteiger partial charge in [-0.3, -0.25) is 19.4 Å². The summed E-state index contributed by atoms with van der Waals surface area (Å²) < 4.78 is 10.6. The van der Waals surface area contributed by atoms with Crippen LogP contribution >= 0.6 is 0 Å². The van der Waals surface area contributed by atoms with Gasteiger partial charge in [0.1, 0.15) is 6.04 Å². The summed E-state index contributed by atoms with van der Waals surface area (Å²) in [5.74, 6) is -1.27. The number of esters is 1. The SMILES string of the molecule is CC(=O)O[C@@H]1OCC[C@@H]1NC(=O)[C@H](Cc1ccccc1)NC(=O)c1cnc2ccccc2c1. The molecule has 1 aliphatic heterocycles. The molecule has 2 aromatic carbocycles. The third-order valence-electron chi connectivity index (χ3n) is 5.41. The minimum absolute atomic E-state index is 0.297. The van der Waals surface area contributed by atoms with E-state index in [1.54, 1.807) is 6.07 Å². The third kappa shape index (κ3) is 5.72. The van der Waals surface area contributed by atoms with E-state index in [0.29, 0.717) is 25.0 Å². The fraction of sp³-hybridized carbons (Fsp3) is 0.280. The lowest BCUT2D eigenvalue weighted by Crippen LogP contribution is -2.52. The number of benzene rings is 2. The molecule has 1 fully saturated rings. The normalized spacial score (nSPS) is 18.5. The molecule has 0 unspecified atom stereocenters. The molecule has 4 rings (SSSR count). The molecule has 0 spiro atoms. The number of carbonyl (C=O) groups is 3. The van der Waals surface area contributed by atoms with Crippen LogP contribution in [0.3, 0.4) is 0 Å². The largest absolute Gasteiger partial charge is 0.434 e. The van der Waals surface area contributed by atoms with Crippen LogP contribution in [0.25, 0.3) is 10.9 Å². The molecule has 1 aromatic heterocycles. The number of carbonyl (C=O) groups excluding carboxylic acids is 3. The number of ether oxygens (including phenoxy) is 2. The molecule has 2 heterocycles. The predicted molar refractivity (Wildman–Crippen MR) is 121 cm³/mol. The maximum absolute atomic E-state index is 13.2. The Hall–Kier alpha value is -3.78. The van der Waals surface area contributed by atoms with Gasteiger partial charge in [0.15, 0.2) is 0 Å². The Labute approximate surface area is 191 Å². The van der Waals surface area contributed by atoms with Crippen molar-refractivity contribution < 1.29 is 23.9 Å². The van der Waals surface area contributed by atoms with Crippen molar-refractivity contribution in [3.05, 3.63) is 78.0 Å². The minimum Gasteiger partial charge on any atom is -0.434 e. The van der Waals surface area contributed by atoms with Gasteiger partial charge < -0.3 is 20.1 Å². The van der Waals surface area contributed by atoms with Crippen molar-refractivity contribution >= 4 is 28.7 Å². The van der Waals surface area contributed by atoms with Crippen molar-refractivity contribution in [3.63, 3.8) is 0 Å². The van der Waals surface area contributed by atoms with E-state index >= 15 is 0 Å². The zero-order valence-corrected chi connectivity index (χ0v) is 18.2. The smallest absolute Gasteiger partial charge is 0.305 e. The summed E-state index contributed by atoms with van der Waals surface area (Å²) in [6.07, 6.45) is 1.45. The monoisotopic (exact) mass is 447 g/mol. The highest BCUT2D eigenvalue weighted by atomic mass is 16.7. The highest BCUT2D eigenvalue weighted by Gasteiger charge is 2.34. The number of para-hydroxylation sites is 1. The molecular weight excluding hydrogens is 422 g/mol. The second-order valence-corrected chi connectivity index (χ2v) is 7.88. The second-order valence-electron chi connectivity index (χ2n) is 7.88. The van der Waals surface area contributed by atoms with Crippen molar-refractivity contribution in [2.75, 3.05) is 6.61 Å². The lowest BCUT2D eigenvalue weighted by molar-refractivity contribution is -0.170. The number of hydrogen-bond acceptors (Lipinski definition) is 6. The van der Waals surface area contributed by atoms with Crippen LogP contribution < -0.4 is 10.6 Å². The molecule has 0 aliphatic carbocycles. The van der Waals surface area contributed by atoms with Crippen LogP contribution in [0.15, 0.2) is 66.9 Å². The molecule has 8 nitrogen and oxygen atoms in total. The first-order valence-corrected chi connectivity index (χ1v) is 10.8. The maximum atomic E-state index is 13.2. The highest BCUT2D eigenvalue weighted by molar-refractivity contribution is 5.99. The first-order valence-electron chi connectivity index (χ1n) is 10.8. The van der Waals surface area contributed by atoms with Gasteiger partial charge in [-0.2, -0.15) is 0 Å². The highest BCUT2D eigenvalue weighted by Crippen LogP contribution is 2.16. The van der Waals surface area contributed by atoms with Gasteiger partial charge in [0.2, 0.25) is 12.2 Å². The number of aromatic nitrogens is 1. The van der Waals surface area contributed by atoms with E-state index in [4.69, 9.17) is 9.47 Å². The Morgan fingerprint density at radius 2 is 1.88 bits per heavy atom. The zero-order chi connectivity index (χ0) is 23.2. The number of hydrogen-bond donors (Lipinski definition) is 2. The summed E-state index contributed by atoms with van der Waals surface area (Å²) in [5.41, 5.74) is 2.04. The molecule has 170 valence electrons. The average molecular weight is 447 g/mol. The molecule has 2 amide bonds. The number of rotatable bonds is 7. The molecule has 1 aliphatic rings. The lowest BCUT2D eigenvalue weighted by Gasteiger charge is -2.23. The number of nitrogens with one attached hydrogen (secondary N) is 2. The molecule has 0 radical (unpaired) electrons. The van der Waals surface area contributed by atoms with Crippen LogP contribution in [0.5, 0.6) is 0 Å². The second kappa shape index (κ2) is 10.2. The Kier molecular flexibility index (Phi) is 6.95. The summed E-state index contributed by atoms with van der Waals surface area (Å²) in [5, 5.41) is 6.54. The van der Waals surface area contributed by atoms with Gasteiger partial charge in [0, 0.05) is 24.9 Å². The minimum atomic E-state index is -0.843. The lowest BCUT2D eigenvalue weighted by atomic mass is 10.0. The van der Waals surface area contributed by atoms with E-state index < -0.39 is 30.3 Å². The Balaban J connectivity index is 1.51. The number of pyridine rings is 1. The zero-order valence-electron chi connectivity index (χ0n) is 18.2. The van der Waals surface area contributed by atoms with Crippen molar-refractivity contribution in [2.24, 2.45) is 0 Å². The van der Waals surface area contributed by atoms with Crippen LogP contribution in [-0.2, 0) is 25.5 Å². The van der Waals surface area contributed by atoms with Crippen molar-refractivity contribution in [3.8, 4) is 0 Å². The fourth-order valence-electron chi connectivity index (χ4n) is 3.76. The number of nitrogens with zero attached hydrogens (tertiary/aromatic N) is 1. The molecule has 0 bridgehead atoms. The first-order chi connectivity index (χ1) is 16.0. The Bertz CT molecular complexity index is 1150. The van der Waals surface area contributed by atoms with Gasteiger partial charge in [0.25, 0.3) is 5.91 Å². The molecule has 2 N–H and O–H groups in total. The van der Waals surface area contributed by atoms with E-state index in [1.807, 2.05) is 54.6 Å². The Morgan fingerprint density at radius 3 is 2.67 bits per heavy atom. The van der Waals surface area contributed by atoms with Crippen LogP contribution in [0.1, 0.15) is 29.3 Å². The van der Waals surface area contributed by atoms with E-state index in [0.717, 1.165) is 16.5 Å². The van der Waals surface area contributed by atoms with Gasteiger partial charge in [0.05, 0.1) is 23.7 Å². The van der Waals surface area contributed by atoms with E-state index in [-0.39, 0.29) is 5.91 Å². The van der Waals surface area contributed by atoms with Gasteiger partial charge in [-0.15, -0.1) is 0 Å². The van der Waals surface area contributed by atoms with Crippen LogP contribution in [-0.4, -0.2) is 47.7 Å². The topological polar surface area (TPSA) is 107 Å². The van der Waals surface area contributed by atoms with Crippen molar-refractivity contribution in [2.45, 2.75) is 38.1 Å². The molecule has 1 saturated heterocycles. The van der Waals surface area contributed by atoms with Crippen LogP contribution in [0.2, 0.25) is 0 Å². The summed E-state index contributed by atoms with van der Waals surface area (Å²) in [7, 11) is 0. The van der Waals surface area contributed by atoms with E-state index in [9.17, 15) is 14.4 Å². The quantitative estimate of drug-likeness (QED) is 0.539. The molecule has 0 saturated carbocycles. The van der Waals surface area contributed by atoms with Crippen molar-refractivity contribution in [1.29, 1.82) is 0 Å². The molecule has 3 atom stereocenters. The van der Waals surface area contributed by atoms with Crippen LogP contribution in [0.4, 0.5) is 0 Å². The summed E-state index contributed by atoms with van der Waals surface area (Å²) in [6.45, 7) is 1.65.